The van der Waals surface area contributed by atoms with Gasteiger partial charge in [0.05, 0.1) is 10.4 Å². The van der Waals surface area contributed by atoms with E-state index in [0.717, 1.165) is 20.9 Å². The molecule has 3 nitrogen and oxygen atoms in total. The fraction of sp³-hybridized carbons (Fsp3) is 0. The average molecular weight is 395 g/mol. The standard InChI is InChI=1S/C20H11ClN2OS2/c21-14-7-5-13(6-8-14)12-23-20-15(11-22)18(16-3-1-9-25-16)19(24-20)17-4-2-10-26-17/h1-10,12H. The van der Waals surface area contributed by atoms with Gasteiger partial charge in [0.1, 0.15) is 11.6 Å². The Morgan fingerprint density at radius 2 is 1.69 bits per heavy atom. The van der Waals surface area contributed by atoms with E-state index in [9.17, 15) is 5.26 Å². The molecular weight excluding hydrogens is 384 g/mol. The Morgan fingerprint density at radius 1 is 1.00 bits per heavy atom. The van der Waals surface area contributed by atoms with Gasteiger partial charge in [-0.15, -0.1) is 22.7 Å². The van der Waals surface area contributed by atoms with E-state index in [1.54, 1.807) is 41.0 Å². The lowest BCUT2D eigenvalue weighted by Crippen LogP contribution is -1.80. The highest BCUT2D eigenvalue weighted by molar-refractivity contribution is 7.14. The van der Waals surface area contributed by atoms with E-state index in [2.05, 4.69) is 11.1 Å². The number of halogens is 1. The Hall–Kier alpha value is -2.65. The first-order valence-corrected chi connectivity index (χ1v) is 9.84. The highest BCUT2D eigenvalue weighted by Crippen LogP contribution is 2.45. The van der Waals surface area contributed by atoms with E-state index >= 15 is 0 Å². The number of nitrogens with zero attached hydrogens (tertiary/aromatic N) is 2. The Kier molecular flexibility index (Phi) is 4.72. The Labute approximate surface area is 163 Å². The SMILES string of the molecule is N#Cc1c(N=Cc2ccc(Cl)cc2)oc(-c2cccs2)c1-c1cccs1. The van der Waals surface area contributed by atoms with E-state index in [-0.39, 0.29) is 0 Å². The van der Waals surface area contributed by atoms with Gasteiger partial charge in [-0.2, -0.15) is 5.26 Å². The molecule has 3 aromatic heterocycles. The molecule has 0 saturated carbocycles. The van der Waals surface area contributed by atoms with Gasteiger partial charge in [0.15, 0.2) is 5.76 Å². The minimum Gasteiger partial charge on any atom is -0.435 e. The molecule has 0 amide bonds. The van der Waals surface area contributed by atoms with E-state index in [1.807, 2.05) is 47.2 Å². The molecule has 0 radical (unpaired) electrons. The maximum absolute atomic E-state index is 9.75. The van der Waals surface area contributed by atoms with Crippen LogP contribution in [-0.2, 0) is 0 Å². The van der Waals surface area contributed by atoms with Gasteiger partial charge in [0.25, 0.3) is 0 Å². The van der Waals surface area contributed by atoms with Gasteiger partial charge in [-0.25, -0.2) is 4.99 Å². The second-order valence-corrected chi connectivity index (χ2v) is 7.69. The number of nitriles is 1. The molecule has 6 heteroatoms. The van der Waals surface area contributed by atoms with E-state index in [0.29, 0.717) is 22.2 Å². The number of thiophene rings is 2. The van der Waals surface area contributed by atoms with Crippen molar-refractivity contribution >= 4 is 46.4 Å². The van der Waals surface area contributed by atoms with Crippen LogP contribution >= 0.6 is 34.3 Å². The summed E-state index contributed by atoms with van der Waals surface area (Å²) in [7, 11) is 0. The van der Waals surface area contributed by atoms with Crippen LogP contribution in [0.1, 0.15) is 11.1 Å². The fourth-order valence-electron chi connectivity index (χ4n) is 2.53. The van der Waals surface area contributed by atoms with Crippen LogP contribution in [0, 0.1) is 11.3 Å². The first kappa shape index (κ1) is 16.8. The summed E-state index contributed by atoms with van der Waals surface area (Å²) in [6.07, 6.45) is 1.67. The maximum Gasteiger partial charge on any atom is 0.238 e. The van der Waals surface area contributed by atoms with Crippen molar-refractivity contribution in [2.75, 3.05) is 0 Å². The molecular formula is C20H11ClN2OS2. The van der Waals surface area contributed by atoms with Gasteiger partial charge >= 0.3 is 0 Å². The molecule has 0 saturated heterocycles. The topological polar surface area (TPSA) is 49.3 Å². The Morgan fingerprint density at radius 3 is 2.31 bits per heavy atom. The van der Waals surface area contributed by atoms with Crippen LogP contribution in [0.4, 0.5) is 5.88 Å². The molecule has 0 fully saturated rings. The van der Waals surface area contributed by atoms with Crippen molar-refractivity contribution in [3.05, 3.63) is 75.4 Å². The molecule has 1 aromatic carbocycles. The number of furan rings is 1. The normalized spacial score (nSPS) is 11.1. The number of hydrogen-bond donors (Lipinski definition) is 0. The summed E-state index contributed by atoms with van der Waals surface area (Å²) < 4.78 is 6.02. The van der Waals surface area contributed by atoms with Crippen LogP contribution < -0.4 is 0 Å². The molecule has 26 heavy (non-hydrogen) atoms. The largest absolute Gasteiger partial charge is 0.435 e. The molecule has 4 rings (SSSR count). The van der Waals surface area contributed by atoms with Crippen molar-refractivity contribution in [2.45, 2.75) is 0 Å². The van der Waals surface area contributed by atoms with E-state index in [1.165, 1.54) is 0 Å². The molecule has 0 aliphatic rings. The van der Waals surface area contributed by atoms with Gasteiger partial charge in [-0.3, -0.25) is 0 Å². The molecule has 0 aliphatic heterocycles. The number of hydrogen-bond acceptors (Lipinski definition) is 5. The van der Waals surface area contributed by atoms with Crippen molar-refractivity contribution < 1.29 is 4.42 Å². The summed E-state index contributed by atoms with van der Waals surface area (Å²) in [6.45, 7) is 0. The Bertz CT molecular complexity index is 1090. The number of benzene rings is 1. The van der Waals surface area contributed by atoms with E-state index < -0.39 is 0 Å². The van der Waals surface area contributed by atoms with Crippen molar-refractivity contribution in [3.63, 3.8) is 0 Å². The zero-order valence-electron chi connectivity index (χ0n) is 13.3. The molecule has 0 unspecified atom stereocenters. The van der Waals surface area contributed by atoms with Crippen molar-refractivity contribution in [1.82, 2.24) is 0 Å². The molecule has 0 atom stereocenters. The van der Waals surface area contributed by atoms with Crippen LogP contribution in [0.5, 0.6) is 0 Å². The molecule has 0 N–H and O–H groups in total. The first-order chi connectivity index (χ1) is 12.8. The van der Waals surface area contributed by atoms with Crippen molar-refractivity contribution in [3.8, 4) is 27.1 Å². The minimum atomic E-state index is 0.314. The second-order valence-electron chi connectivity index (χ2n) is 5.36. The Balaban J connectivity index is 1.84. The summed E-state index contributed by atoms with van der Waals surface area (Å²) >= 11 is 9.06. The van der Waals surface area contributed by atoms with Crippen LogP contribution in [0.15, 0.2) is 68.7 Å². The molecule has 4 aromatic rings. The fourth-order valence-corrected chi connectivity index (χ4v) is 4.14. The van der Waals surface area contributed by atoms with Gasteiger partial charge in [0, 0.05) is 16.1 Å². The van der Waals surface area contributed by atoms with E-state index in [4.69, 9.17) is 16.0 Å². The van der Waals surface area contributed by atoms with Crippen LogP contribution in [0.3, 0.4) is 0 Å². The van der Waals surface area contributed by atoms with Gasteiger partial charge in [-0.1, -0.05) is 35.9 Å². The molecule has 0 bridgehead atoms. The minimum absolute atomic E-state index is 0.314. The average Bonchev–Trinajstić information content (AvgIpc) is 3.40. The first-order valence-electron chi connectivity index (χ1n) is 7.70. The number of rotatable bonds is 4. The van der Waals surface area contributed by atoms with Gasteiger partial charge in [-0.05, 0) is 40.6 Å². The predicted octanol–water partition coefficient (Wildman–Crippen LogP) is 7.01. The maximum atomic E-state index is 9.75. The summed E-state index contributed by atoms with van der Waals surface area (Å²) in [6, 6.07) is 17.5. The van der Waals surface area contributed by atoms with Crippen LogP contribution in [0.25, 0.3) is 21.1 Å². The van der Waals surface area contributed by atoms with Gasteiger partial charge < -0.3 is 4.42 Å². The molecule has 0 aliphatic carbocycles. The zero-order valence-corrected chi connectivity index (χ0v) is 15.7. The molecule has 0 spiro atoms. The molecule has 126 valence electrons. The third-order valence-corrected chi connectivity index (χ3v) is 5.72. The summed E-state index contributed by atoms with van der Waals surface area (Å²) in [5, 5.41) is 14.4. The summed E-state index contributed by atoms with van der Waals surface area (Å²) in [5.74, 6) is 0.997. The quantitative estimate of drug-likeness (QED) is 0.349. The smallest absolute Gasteiger partial charge is 0.238 e. The highest BCUT2D eigenvalue weighted by Gasteiger charge is 2.23. The third-order valence-electron chi connectivity index (χ3n) is 3.71. The summed E-state index contributed by atoms with van der Waals surface area (Å²) in [4.78, 5) is 6.39. The van der Waals surface area contributed by atoms with Crippen LogP contribution in [-0.4, -0.2) is 6.21 Å². The van der Waals surface area contributed by atoms with Crippen molar-refractivity contribution in [2.24, 2.45) is 4.99 Å². The highest BCUT2D eigenvalue weighted by atomic mass is 35.5. The lowest BCUT2D eigenvalue weighted by atomic mass is 10.1. The second kappa shape index (κ2) is 7.30. The summed E-state index contributed by atoms with van der Waals surface area (Å²) in [5.41, 5.74) is 2.12. The lowest BCUT2D eigenvalue weighted by molar-refractivity contribution is 0.594. The lowest BCUT2D eigenvalue weighted by Gasteiger charge is -1.97. The predicted molar refractivity (Wildman–Crippen MR) is 109 cm³/mol. The molecule has 3 heterocycles. The third kappa shape index (κ3) is 3.23. The zero-order chi connectivity index (χ0) is 17.9. The number of aliphatic imine (C=N–C) groups is 1. The monoisotopic (exact) mass is 394 g/mol. The van der Waals surface area contributed by atoms with Crippen molar-refractivity contribution in [1.29, 1.82) is 5.26 Å². The van der Waals surface area contributed by atoms with Gasteiger partial charge in [0.2, 0.25) is 5.88 Å². The van der Waals surface area contributed by atoms with Crippen LogP contribution in [0.2, 0.25) is 5.02 Å².